The number of fused-ring (bicyclic) bond motifs is 1. The number of hydrogen-bond donors (Lipinski definition) is 1. The van der Waals surface area contributed by atoms with Gasteiger partial charge < -0.3 is 23.9 Å². The molecule has 1 aromatic heterocycles. The van der Waals surface area contributed by atoms with E-state index in [1.165, 1.54) is 38.5 Å². The van der Waals surface area contributed by atoms with E-state index in [-0.39, 0.29) is 28.0 Å². The fraction of sp³-hybridized carbons (Fsp3) is 0.217. The van der Waals surface area contributed by atoms with Crippen molar-refractivity contribution in [2.24, 2.45) is 0 Å². The lowest BCUT2D eigenvalue weighted by Crippen LogP contribution is -2.21. The Balaban J connectivity index is 1.94. The van der Waals surface area contributed by atoms with E-state index in [1.54, 1.807) is 18.2 Å². The van der Waals surface area contributed by atoms with Crippen LogP contribution in [-0.4, -0.2) is 38.7 Å². The third kappa shape index (κ3) is 4.94. The summed E-state index contributed by atoms with van der Waals surface area (Å²) in [7, 11) is 2.37. The molecule has 1 amide bonds. The quantitative estimate of drug-likeness (QED) is 0.439. The minimum absolute atomic E-state index is 0.0239. The van der Waals surface area contributed by atoms with E-state index >= 15 is 0 Å². The lowest BCUT2D eigenvalue weighted by Gasteiger charge is -2.10. The fourth-order valence-corrected chi connectivity index (χ4v) is 2.93. The number of nitrogens with one attached hydrogen (secondary N) is 1. The van der Waals surface area contributed by atoms with Gasteiger partial charge in [0.25, 0.3) is 5.91 Å². The lowest BCUT2D eigenvalue weighted by atomic mass is 10.1. The van der Waals surface area contributed by atoms with Crippen molar-refractivity contribution in [3.05, 3.63) is 69.6 Å². The van der Waals surface area contributed by atoms with Crippen molar-refractivity contribution >= 4 is 34.5 Å². The van der Waals surface area contributed by atoms with Crippen molar-refractivity contribution in [3.8, 4) is 5.75 Å². The Kier molecular flexibility index (Phi) is 6.89. The summed E-state index contributed by atoms with van der Waals surface area (Å²) in [5.41, 5.74) is -0.670. The molecule has 0 atom stereocenters. The highest BCUT2D eigenvalue weighted by molar-refractivity contribution is 6.07. The summed E-state index contributed by atoms with van der Waals surface area (Å²) in [5, 5.41) is 3.03. The van der Waals surface area contributed by atoms with E-state index in [0.29, 0.717) is 17.7 Å². The van der Waals surface area contributed by atoms with Crippen LogP contribution in [0, 0.1) is 0 Å². The van der Waals surface area contributed by atoms with Gasteiger partial charge in [-0.3, -0.25) is 4.79 Å². The number of anilines is 1. The lowest BCUT2D eigenvalue weighted by molar-refractivity contribution is 0.0598. The molecule has 0 bridgehead atoms. The highest BCUT2D eigenvalue weighted by Gasteiger charge is 2.18. The Morgan fingerprint density at radius 3 is 2.19 bits per heavy atom. The van der Waals surface area contributed by atoms with Crippen LogP contribution >= 0.6 is 0 Å². The van der Waals surface area contributed by atoms with Crippen molar-refractivity contribution < 1.29 is 33.0 Å². The van der Waals surface area contributed by atoms with Gasteiger partial charge in [0.1, 0.15) is 16.9 Å². The van der Waals surface area contributed by atoms with Gasteiger partial charge in [-0.2, -0.15) is 0 Å². The molecule has 2 aromatic carbocycles. The molecule has 0 aliphatic carbocycles. The molecule has 32 heavy (non-hydrogen) atoms. The fourth-order valence-electron chi connectivity index (χ4n) is 2.93. The number of carbonyl (C=O) groups is 3. The van der Waals surface area contributed by atoms with E-state index in [4.69, 9.17) is 9.15 Å². The van der Waals surface area contributed by atoms with Crippen LogP contribution in [0.3, 0.4) is 0 Å². The van der Waals surface area contributed by atoms with E-state index in [1.807, 2.05) is 6.92 Å². The molecule has 0 aliphatic rings. The van der Waals surface area contributed by atoms with Crippen molar-refractivity contribution in [2.75, 3.05) is 26.1 Å². The predicted molar refractivity (Wildman–Crippen MR) is 115 cm³/mol. The summed E-state index contributed by atoms with van der Waals surface area (Å²) in [6.45, 7) is 2.50. The van der Waals surface area contributed by atoms with Gasteiger partial charge in [-0.05, 0) is 42.8 Å². The van der Waals surface area contributed by atoms with Crippen molar-refractivity contribution in [1.82, 2.24) is 0 Å². The Hall–Kier alpha value is -4.14. The highest BCUT2D eigenvalue weighted by Crippen LogP contribution is 2.22. The monoisotopic (exact) mass is 439 g/mol. The summed E-state index contributed by atoms with van der Waals surface area (Å²) in [6.07, 6.45) is 0.829. The van der Waals surface area contributed by atoms with E-state index < -0.39 is 23.5 Å². The van der Waals surface area contributed by atoms with E-state index in [9.17, 15) is 19.2 Å². The van der Waals surface area contributed by atoms with Gasteiger partial charge in [0, 0.05) is 17.1 Å². The van der Waals surface area contributed by atoms with Crippen LogP contribution in [0.1, 0.15) is 44.4 Å². The molecule has 3 aromatic rings. The van der Waals surface area contributed by atoms with Gasteiger partial charge >= 0.3 is 17.6 Å². The summed E-state index contributed by atoms with van der Waals surface area (Å²) in [6, 6.07) is 10.3. The van der Waals surface area contributed by atoms with Gasteiger partial charge in [-0.25, -0.2) is 14.4 Å². The first-order chi connectivity index (χ1) is 15.4. The van der Waals surface area contributed by atoms with Crippen molar-refractivity contribution in [3.63, 3.8) is 0 Å². The number of rotatable bonds is 7. The minimum atomic E-state index is -0.847. The minimum Gasteiger partial charge on any atom is -0.493 e. The molecular formula is C23H21NO8. The first kappa shape index (κ1) is 22.5. The van der Waals surface area contributed by atoms with Crippen LogP contribution in [0.2, 0.25) is 0 Å². The van der Waals surface area contributed by atoms with Crippen LogP contribution in [0.4, 0.5) is 5.69 Å². The van der Waals surface area contributed by atoms with Gasteiger partial charge in [0.2, 0.25) is 0 Å². The zero-order chi connectivity index (χ0) is 23.3. The third-order valence-corrected chi connectivity index (χ3v) is 4.46. The van der Waals surface area contributed by atoms with Crippen LogP contribution in [0.25, 0.3) is 11.0 Å². The van der Waals surface area contributed by atoms with Gasteiger partial charge in [-0.15, -0.1) is 0 Å². The first-order valence-corrected chi connectivity index (χ1v) is 9.70. The molecule has 0 saturated heterocycles. The standard InChI is InChI=1S/C23H21NO8/c1-4-7-31-17-6-5-13-11-18(23(28)32-19(13)12-17)20(25)24-16-9-14(21(26)29-2)8-15(10-16)22(27)30-3/h5-6,8-12H,4,7H2,1-3H3,(H,24,25). The van der Waals surface area contributed by atoms with E-state index in [0.717, 1.165) is 6.42 Å². The summed E-state index contributed by atoms with van der Waals surface area (Å²) < 4.78 is 20.2. The topological polar surface area (TPSA) is 121 Å². The van der Waals surface area contributed by atoms with Crippen LogP contribution < -0.4 is 15.7 Å². The smallest absolute Gasteiger partial charge is 0.349 e. The van der Waals surface area contributed by atoms with Gasteiger partial charge in [-0.1, -0.05) is 6.92 Å². The second-order valence-corrected chi connectivity index (χ2v) is 6.73. The Morgan fingerprint density at radius 2 is 1.59 bits per heavy atom. The molecule has 0 spiro atoms. The second kappa shape index (κ2) is 9.78. The van der Waals surface area contributed by atoms with Crippen LogP contribution in [0.15, 0.2) is 51.7 Å². The number of hydrogen-bond acceptors (Lipinski definition) is 8. The maximum absolute atomic E-state index is 12.8. The molecule has 1 N–H and O–H groups in total. The van der Waals surface area contributed by atoms with Crippen LogP contribution in [-0.2, 0) is 9.47 Å². The molecular weight excluding hydrogens is 418 g/mol. The molecule has 166 valence electrons. The SMILES string of the molecule is CCCOc1ccc2cc(C(=O)Nc3cc(C(=O)OC)cc(C(=O)OC)c3)c(=O)oc2c1. The number of amides is 1. The maximum Gasteiger partial charge on any atom is 0.349 e. The Morgan fingerprint density at radius 1 is 0.938 bits per heavy atom. The van der Waals surface area contributed by atoms with E-state index in [2.05, 4.69) is 14.8 Å². The van der Waals surface area contributed by atoms with Gasteiger partial charge in [0.15, 0.2) is 0 Å². The third-order valence-electron chi connectivity index (χ3n) is 4.46. The van der Waals surface area contributed by atoms with Crippen molar-refractivity contribution in [1.29, 1.82) is 0 Å². The molecule has 0 fully saturated rings. The molecule has 0 saturated carbocycles. The van der Waals surface area contributed by atoms with Gasteiger partial charge in [0.05, 0.1) is 32.0 Å². The number of ether oxygens (including phenoxy) is 3. The Labute approximate surface area is 182 Å². The summed E-state index contributed by atoms with van der Waals surface area (Å²) in [5.74, 6) is -1.64. The van der Waals surface area contributed by atoms with Crippen molar-refractivity contribution in [2.45, 2.75) is 13.3 Å². The van der Waals surface area contributed by atoms with Crippen LogP contribution in [0.5, 0.6) is 5.75 Å². The molecule has 0 unspecified atom stereocenters. The maximum atomic E-state index is 12.8. The summed E-state index contributed by atoms with van der Waals surface area (Å²) in [4.78, 5) is 49.0. The molecule has 0 radical (unpaired) electrons. The molecule has 0 aliphatic heterocycles. The Bertz CT molecular complexity index is 1210. The number of carbonyl (C=O) groups excluding carboxylic acids is 3. The number of methoxy groups -OCH3 is 2. The predicted octanol–water partition coefficient (Wildman–Crippen LogP) is 3.41. The second-order valence-electron chi connectivity index (χ2n) is 6.73. The largest absolute Gasteiger partial charge is 0.493 e. The zero-order valence-corrected chi connectivity index (χ0v) is 17.7. The first-order valence-electron chi connectivity index (χ1n) is 9.70. The number of esters is 2. The molecule has 1 heterocycles. The molecule has 9 heteroatoms. The normalized spacial score (nSPS) is 10.5. The molecule has 3 rings (SSSR count). The summed E-state index contributed by atoms with van der Waals surface area (Å²) >= 11 is 0. The number of benzene rings is 2. The average molecular weight is 439 g/mol. The highest BCUT2D eigenvalue weighted by atomic mass is 16.5. The zero-order valence-electron chi connectivity index (χ0n) is 17.7. The molecule has 9 nitrogen and oxygen atoms in total. The average Bonchev–Trinajstić information content (AvgIpc) is 2.80.